The summed E-state index contributed by atoms with van der Waals surface area (Å²) in [6.45, 7) is 4.29. The van der Waals surface area contributed by atoms with Crippen molar-refractivity contribution >= 4 is 40.7 Å². The normalized spacial score (nSPS) is 18.7. The first-order valence-electron chi connectivity index (χ1n) is 11.2. The first-order valence-corrected chi connectivity index (χ1v) is 11.5. The van der Waals surface area contributed by atoms with Crippen molar-refractivity contribution in [2.75, 3.05) is 19.6 Å². The van der Waals surface area contributed by atoms with Crippen LogP contribution in [0.25, 0.3) is 10.8 Å². The van der Waals surface area contributed by atoms with Gasteiger partial charge in [-0.25, -0.2) is 4.39 Å². The quantitative estimate of drug-likeness (QED) is 0.477. The predicted octanol–water partition coefficient (Wildman–Crippen LogP) is 6.21. The van der Waals surface area contributed by atoms with Crippen molar-refractivity contribution in [3.05, 3.63) is 94.3 Å². The van der Waals surface area contributed by atoms with Crippen LogP contribution in [0.3, 0.4) is 0 Å². The van der Waals surface area contributed by atoms with E-state index >= 15 is 0 Å². The van der Waals surface area contributed by atoms with Gasteiger partial charge in [-0.2, -0.15) is 0 Å². The Hall–Kier alpha value is -2.40. The third kappa shape index (κ3) is 4.16. The molecule has 0 bridgehead atoms. The molecule has 0 spiro atoms. The number of amides is 1. The molecule has 2 heterocycles. The highest BCUT2D eigenvalue weighted by Crippen LogP contribution is 2.44. The lowest BCUT2D eigenvalue weighted by atomic mass is 9.68. The molecule has 33 heavy (non-hydrogen) atoms. The molecule has 2 aliphatic heterocycles. The van der Waals surface area contributed by atoms with Crippen molar-refractivity contribution in [2.45, 2.75) is 31.2 Å². The van der Waals surface area contributed by atoms with Crippen LogP contribution in [0.1, 0.15) is 36.9 Å². The number of piperidine rings is 1. The minimum Gasteiger partial charge on any atom is -0.328 e. The molecule has 0 saturated carbocycles. The lowest BCUT2D eigenvalue weighted by Gasteiger charge is -2.39. The van der Waals surface area contributed by atoms with E-state index in [9.17, 15) is 9.18 Å². The molecule has 3 aromatic rings. The van der Waals surface area contributed by atoms with Crippen LogP contribution in [0.15, 0.2) is 72.3 Å². The highest BCUT2D eigenvalue weighted by Gasteiger charge is 2.45. The van der Waals surface area contributed by atoms with Crippen LogP contribution in [0, 0.1) is 5.82 Å². The van der Waals surface area contributed by atoms with Gasteiger partial charge in [0, 0.05) is 22.6 Å². The van der Waals surface area contributed by atoms with Gasteiger partial charge in [0.15, 0.2) is 0 Å². The average molecular weight is 485 g/mol. The molecule has 0 radical (unpaired) electrons. The van der Waals surface area contributed by atoms with Gasteiger partial charge in [0.2, 0.25) is 0 Å². The molecule has 172 valence electrons. The molecule has 1 atom stereocenters. The minimum absolute atomic E-state index is 0. The molecule has 6 heteroatoms. The largest absolute Gasteiger partial charge is 0.328 e. The van der Waals surface area contributed by atoms with Gasteiger partial charge in [0.05, 0.1) is 6.04 Å². The molecule has 0 aliphatic carbocycles. The van der Waals surface area contributed by atoms with E-state index in [-0.39, 0.29) is 35.6 Å². The topological polar surface area (TPSA) is 32.3 Å². The van der Waals surface area contributed by atoms with Gasteiger partial charge in [-0.05, 0) is 79.0 Å². The smallest absolute Gasteiger partial charge is 0.251 e. The maximum atomic E-state index is 13.8. The minimum atomic E-state index is -0.388. The van der Waals surface area contributed by atoms with Gasteiger partial charge in [0.1, 0.15) is 5.82 Å². The van der Waals surface area contributed by atoms with E-state index in [1.54, 1.807) is 0 Å². The molecule has 1 saturated heterocycles. The number of hydrogen-bond acceptors (Lipinski definition) is 2. The van der Waals surface area contributed by atoms with E-state index in [2.05, 4.69) is 24.4 Å². The monoisotopic (exact) mass is 484 g/mol. The Morgan fingerprint density at radius 1 is 1.06 bits per heavy atom. The summed E-state index contributed by atoms with van der Waals surface area (Å²) in [7, 11) is 0. The summed E-state index contributed by atoms with van der Waals surface area (Å²) >= 11 is 6.42. The van der Waals surface area contributed by atoms with Gasteiger partial charge in [-0.1, -0.05) is 54.1 Å². The van der Waals surface area contributed by atoms with Crippen molar-refractivity contribution in [3.63, 3.8) is 0 Å². The summed E-state index contributed by atoms with van der Waals surface area (Å²) in [6.07, 6.45) is 3.72. The molecule has 1 N–H and O–H groups in total. The summed E-state index contributed by atoms with van der Waals surface area (Å²) in [4.78, 5) is 15.7. The second kappa shape index (κ2) is 9.46. The second-order valence-electron chi connectivity index (χ2n) is 8.81. The maximum Gasteiger partial charge on any atom is 0.251 e. The van der Waals surface area contributed by atoms with Gasteiger partial charge in [0.25, 0.3) is 5.91 Å². The fourth-order valence-corrected chi connectivity index (χ4v) is 5.64. The van der Waals surface area contributed by atoms with Crippen molar-refractivity contribution < 1.29 is 9.18 Å². The Morgan fingerprint density at radius 2 is 1.76 bits per heavy atom. The Morgan fingerprint density at radius 3 is 2.48 bits per heavy atom. The van der Waals surface area contributed by atoms with E-state index in [0.717, 1.165) is 53.4 Å². The van der Waals surface area contributed by atoms with Crippen LogP contribution in [-0.2, 0) is 10.2 Å². The van der Waals surface area contributed by atoms with Crippen molar-refractivity contribution in [2.24, 2.45) is 0 Å². The predicted molar refractivity (Wildman–Crippen MR) is 135 cm³/mol. The fraction of sp³-hybridized carbons (Fsp3) is 0.296. The van der Waals surface area contributed by atoms with Crippen LogP contribution in [-0.4, -0.2) is 30.4 Å². The summed E-state index contributed by atoms with van der Waals surface area (Å²) in [5.41, 5.74) is 2.52. The number of carbonyl (C=O) groups is 1. The van der Waals surface area contributed by atoms with Gasteiger partial charge in [-0.15, -0.1) is 12.4 Å². The summed E-state index contributed by atoms with van der Waals surface area (Å²) in [5, 5.41) is 6.26. The summed E-state index contributed by atoms with van der Waals surface area (Å²) < 4.78 is 13.6. The van der Waals surface area contributed by atoms with E-state index in [4.69, 9.17) is 11.6 Å². The van der Waals surface area contributed by atoms with Crippen LogP contribution in [0.4, 0.5) is 4.39 Å². The summed E-state index contributed by atoms with van der Waals surface area (Å²) in [5.74, 6) is -0.194. The van der Waals surface area contributed by atoms with Crippen LogP contribution in [0.2, 0.25) is 5.02 Å². The lowest BCUT2D eigenvalue weighted by Crippen LogP contribution is -2.44. The first kappa shape index (κ1) is 23.7. The molecule has 5 rings (SSSR count). The standard InChI is InChI=1S/C27H26ClFN2O.ClH/c1-18(24-17-21(28)16-19-4-2-3-5-23(19)24)31-15-10-25(26(31)32)27(11-13-30-14-12-27)20-6-8-22(29)9-7-20;/h2-10,16-18,30H,11-15H2,1H3;1H/t18-;/m0./s1. The molecular formula is C27H27Cl2FN2O. The zero-order chi connectivity index (χ0) is 22.3. The molecule has 3 nitrogen and oxygen atoms in total. The fourth-order valence-electron chi connectivity index (χ4n) is 5.40. The number of fused-ring (bicyclic) bond motifs is 1. The second-order valence-corrected chi connectivity index (χ2v) is 9.24. The Kier molecular flexibility index (Phi) is 6.81. The molecule has 0 aromatic heterocycles. The van der Waals surface area contributed by atoms with Crippen LogP contribution < -0.4 is 5.32 Å². The number of nitrogens with one attached hydrogen (secondary N) is 1. The third-order valence-corrected chi connectivity index (χ3v) is 7.35. The Balaban J connectivity index is 0.00000259. The molecule has 3 aromatic carbocycles. The zero-order valence-electron chi connectivity index (χ0n) is 18.5. The molecule has 1 amide bonds. The molecule has 2 aliphatic rings. The number of carbonyl (C=O) groups excluding carboxylic acids is 1. The third-order valence-electron chi connectivity index (χ3n) is 7.13. The summed E-state index contributed by atoms with van der Waals surface area (Å²) in [6, 6.07) is 18.6. The van der Waals surface area contributed by atoms with E-state index in [1.165, 1.54) is 12.1 Å². The Bertz CT molecular complexity index is 1200. The van der Waals surface area contributed by atoms with E-state index in [0.29, 0.717) is 11.6 Å². The van der Waals surface area contributed by atoms with E-state index < -0.39 is 0 Å². The number of rotatable bonds is 4. The number of benzene rings is 3. The van der Waals surface area contributed by atoms with Gasteiger partial charge in [-0.3, -0.25) is 4.79 Å². The van der Waals surface area contributed by atoms with E-state index in [1.807, 2.05) is 47.4 Å². The molecule has 1 fully saturated rings. The first-order chi connectivity index (χ1) is 15.5. The van der Waals surface area contributed by atoms with Crippen molar-refractivity contribution in [1.82, 2.24) is 10.2 Å². The zero-order valence-corrected chi connectivity index (χ0v) is 20.1. The van der Waals surface area contributed by atoms with Crippen molar-refractivity contribution in [3.8, 4) is 0 Å². The lowest BCUT2D eigenvalue weighted by molar-refractivity contribution is -0.128. The number of halogens is 3. The number of nitrogens with zero attached hydrogens (tertiary/aromatic N) is 1. The molecular weight excluding hydrogens is 458 g/mol. The number of hydrogen-bond donors (Lipinski definition) is 1. The van der Waals surface area contributed by atoms with Crippen molar-refractivity contribution in [1.29, 1.82) is 0 Å². The van der Waals surface area contributed by atoms with Crippen LogP contribution in [0.5, 0.6) is 0 Å². The highest BCUT2D eigenvalue weighted by atomic mass is 35.5. The average Bonchev–Trinajstić information content (AvgIpc) is 3.20. The van der Waals surface area contributed by atoms with Gasteiger partial charge < -0.3 is 10.2 Å². The highest BCUT2D eigenvalue weighted by molar-refractivity contribution is 6.31. The Labute approximate surface area is 205 Å². The maximum absolute atomic E-state index is 13.8. The SMILES string of the molecule is C[C@@H](c1cc(Cl)cc2ccccc12)N1CC=C(C2(c3ccc(F)cc3)CCNCC2)C1=O.Cl. The van der Waals surface area contributed by atoms with Crippen LogP contribution >= 0.6 is 24.0 Å². The van der Waals surface area contributed by atoms with Gasteiger partial charge >= 0.3 is 0 Å². The molecule has 0 unspecified atom stereocenters.